The van der Waals surface area contributed by atoms with Crippen LogP contribution in [-0.2, 0) is 6.42 Å². The van der Waals surface area contributed by atoms with Gasteiger partial charge in [-0.3, -0.25) is 4.98 Å². The molecule has 0 aliphatic heterocycles. The Labute approximate surface area is 170 Å². The van der Waals surface area contributed by atoms with E-state index in [-0.39, 0.29) is 24.3 Å². The van der Waals surface area contributed by atoms with Gasteiger partial charge in [0.25, 0.3) is 0 Å². The second kappa shape index (κ2) is 10.7. The summed E-state index contributed by atoms with van der Waals surface area (Å²) in [7, 11) is 0. The van der Waals surface area contributed by atoms with Crippen LogP contribution in [0, 0.1) is 35.4 Å². The van der Waals surface area contributed by atoms with Crippen LogP contribution in [0.1, 0.15) is 58.1 Å². The van der Waals surface area contributed by atoms with E-state index in [1.54, 1.807) is 18.3 Å². The molecular weight excluding hydrogens is 349 g/mol. The van der Waals surface area contributed by atoms with Crippen LogP contribution >= 0.6 is 0 Å². The summed E-state index contributed by atoms with van der Waals surface area (Å²) in [4.78, 5) is 4.26. The Hall–Kier alpha value is -1.74. The molecule has 28 heavy (non-hydrogen) atoms. The van der Waals surface area contributed by atoms with E-state index >= 15 is 0 Å². The highest BCUT2D eigenvalue weighted by molar-refractivity contribution is 5.22. The van der Waals surface area contributed by atoms with Gasteiger partial charge in [0.1, 0.15) is 5.82 Å². The van der Waals surface area contributed by atoms with E-state index in [4.69, 9.17) is 0 Å². The lowest BCUT2D eigenvalue weighted by Gasteiger charge is -2.37. The molecule has 0 bridgehead atoms. The van der Waals surface area contributed by atoms with Gasteiger partial charge in [-0.1, -0.05) is 52.8 Å². The van der Waals surface area contributed by atoms with Crippen molar-refractivity contribution in [3.63, 3.8) is 0 Å². The van der Waals surface area contributed by atoms with Gasteiger partial charge in [-0.05, 0) is 77.7 Å². The van der Waals surface area contributed by atoms with Crippen molar-refractivity contribution in [2.75, 3.05) is 6.61 Å². The number of nitrogens with zero attached hydrogens (tertiary/aromatic N) is 1. The van der Waals surface area contributed by atoms with E-state index in [0.29, 0.717) is 23.7 Å². The third kappa shape index (κ3) is 6.13. The molecule has 1 aromatic carbocycles. The summed E-state index contributed by atoms with van der Waals surface area (Å²) in [5, 5.41) is 10.5. The largest absolute Gasteiger partial charge is 0.396 e. The van der Waals surface area contributed by atoms with Crippen LogP contribution in [0.25, 0.3) is 0 Å². The van der Waals surface area contributed by atoms with Gasteiger partial charge in [0.15, 0.2) is 0 Å². The number of aromatic nitrogens is 1. The molecule has 0 amide bonds. The summed E-state index contributed by atoms with van der Waals surface area (Å²) >= 11 is 0. The lowest BCUT2D eigenvalue weighted by atomic mass is 9.68. The Kier molecular flexibility index (Phi) is 8.62. The lowest BCUT2D eigenvalue weighted by molar-refractivity contribution is 0.109. The first kappa shape index (κ1) is 22.5. The minimum Gasteiger partial charge on any atom is -0.396 e. The van der Waals surface area contributed by atoms with Gasteiger partial charge >= 0.3 is 0 Å². The fraction of sp³-hybridized carbons (Fsp3) is 0.560. The SMILES string of the molecule is CC(C)C(C)CC(c1ccc(F)cc1)C(CO)C(Cc1cccnc1)C(C)C. The highest BCUT2D eigenvalue weighted by Crippen LogP contribution is 2.40. The molecule has 1 aromatic heterocycles. The molecule has 1 N–H and O–H groups in total. The van der Waals surface area contributed by atoms with Crippen LogP contribution in [0.15, 0.2) is 48.8 Å². The zero-order valence-corrected chi connectivity index (χ0v) is 18.0. The smallest absolute Gasteiger partial charge is 0.123 e. The average molecular weight is 386 g/mol. The van der Waals surface area contributed by atoms with Crippen LogP contribution in [-0.4, -0.2) is 16.7 Å². The van der Waals surface area contributed by atoms with Crippen molar-refractivity contribution in [3.8, 4) is 0 Å². The number of hydrogen-bond donors (Lipinski definition) is 1. The first-order valence-electron chi connectivity index (χ1n) is 10.6. The van der Waals surface area contributed by atoms with Gasteiger partial charge in [-0.2, -0.15) is 0 Å². The number of aliphatic hydroxyl groups excluding tert-OH is 1. The Bertz CT molecular complexity index is 683. The van der Waals surface area contributed by atoms with E-state index in [9.17, 15) is 9.50 Å². The maximum atomic E-state index is 13.5. The van der Waals surface area contributed by atoms with E-state index in [0.717, 1.165) is 18.4 Å². The number of pyridine rings is 1. The van der Waals surface area contributed by atoms with Crippen LogP contribution < -0.4 is 0 Å². The van der Waals surface area contributed by atoms with E-state index in [1.807, 2.05) is 24.4 Å². The maximum absolute atomic E-state index is 13.5. The number of hydrogen-bond acceptors (Lipinski definition) is 2. The van der Waals surface area contributed by atoms with E-state index < -0.39 is 0 Å². The fourth-order valence-corrected chi connectivity index (χ4v) is 4.17. The van der Waals surface area contributed by atoms with Gasteiger partial charge in [-0.15, -0.1) is 0 Å². The molecule has 3 heteroatoms. The van der Waals surface area contributed by atoms with Crippen molar-refractivity contribution < 1.29 is 9.50 Å². The van der Waals surface area contributed by atoms with Gasteiger partial charge in [0.2, 0.25) is 0 Å². The van der Waals surface area contributed by atoms with Gasteiger partial charge in [0.05, 0.1) is 0 Å². The highest BCUT2D eigenvalue weighted by Gasteiger charge is 2.33. The van der Waals surface area contributed by atoms with Crippen molar-refractivity contribution in [2.45, 2.75) is 53.4 Å². The molecule has 0 spiro atoms. The fourth-order valence-electron chi connectivity index (χ4n) is 4.17. The second-order valence-electron chi connectivity index (χ2n) is 8.93. The van der Waals surface area contributed by atoms with E-state index in [2.05, 4.69) is 45.7 Å². The third-order valence-electron chi connectivity index (χ3n) is 6.39. The molecule has 0 fully saturated rings. The lowest BCUT2D eigenvalue weighted by Crippen LogP contribution is -2.32. The predicted octanol–water partition coefficient (Wildman–Crippen LogP) is 6.11. The van der Waals surface area contributed by atoms with Crippen LogP contribution in [0.4, 0.5) is 4.39 Å². The minimum absolute atomic E-state index is 0.117. The van der Waals surface area contributed by atoms with Gasteiger partial charge < -0.3 is 5.11 Å². The van der Waals surface area contributed by atoms with E-state index in [1.165, 1.54) is 5.56 Å². The summed E-state index contributed by atoms with van der Waals surface area (Å²) in [5.41, 5.74) is 2.33. The van der Waals surface area contributed by atoms with Crippen molar-refractivity contribution in [3.05, 3.63) is 65.7 Å². The molecule has 2 aromatic rings. The Morgan fingerprint density at radius 2 is 1.61 bits per heavy atom. The molecule has 0 radical (unpaired) electrons. The molecule has 0 aliphatic rings. The number of rotatable bonds is 10. The topological polar surface area (TPSA) is 33.1 Å². The van der Waals surface area contributed by atoms with Gasteiger partial charge in [0, 0.05) is 19.0 Å². The Morgan fingerprint density at radius 1 is 0.929 bits per heavy atom. The zero-order chi connectivity index (χ0) is 20.7. The predicted molar refractivity (Wildman–Crippen MR) is 115 cm³/mol. The molecule has 4 atom stereocenters. The summed E-state index contributed by atoms with van der Waals surface area (Å²) in [6.45, 7) is 11.4. The monoisotopic (exact) mass is 385 g/mol. The first-order valence-corrected chi connectivity index (χ1v) is 10.6. The molecule has 0 saturated heterocycles. The normalized spacial score (nSPS) is 16.2. The van der Waals surface area contributed by atoms with Crippen molar-refractivity contribution in [1.29, 1.82) is 0 Å². The number of aliphatic hydroxyl groups is 1. The van der Waals surface area contributed by atoms with Crippen molar-refractivity contribution in [1.82, 2.24) is 4.98 Å². The standard InChI is InChI=1S/C25H36FNO/c1-17(2)19(5)13-24(21-8-10-22(26)11-9-21)25(16-28)23(18(3)4)14-20-7-6-12-27-15-20/h6-12,15,17-19,23-25,28H,13-14,16H2,1-5H3. The third-order valence-corrected chi connectivity index (χ3v) is 6.39. The average Bonchev–Trinajstić information content (AvgIpc) is 2.68. The van der Waals surface area contributed by atoms with Gasteiger partial charge in [-0.25, -0.2) is 4.39 Å². The number of halogens is 1. The molecule has 154 valence electrons. The quantitative estimate of drug-likeness (QED) is 0.535. The Morgan fingerprint density at radius 3 is 2.11 bits per heavy atom. The maximum Gasteiger partial charge on any atom is 0.123 e. The molecule has 0 saturated carbocycles. The minimum atomic E-state index is -0.212. The summed E-state index contributed by atoms with van der Waals surface area (Å²) in [6.07, 6.45) is 5.60. The Balaban J connectivity index is 2.38. The molecule has 1 heterocycles. The molecular formula is C25H36FNO. The first-order chi connectivity index (χ1) is 13.3. The molecule has 2 nitrogen and oxygen atoms in total. The summed E-state index contributed by atoms with van der Waals surface area (Å²) in [5.74, 6) is 1.95. The number of benzene rings is 1. The van der Waals surface area contributed by atoms with Crippen LogP contribution in [0.5, 0.6) is 0 Å². The summed E-state index contributed by atoms with van der Waals surface area (Å²) in [6, 6.07) is 11.0. The summed E-state index contributed by atoms with van der Waals surface area (Å²) < 4.78 is 13.5. The highest BCUT2D eigenvalue weighted by atomic mass is 19.1. The van der Waals surface area contributed by atoms with Crippen molar-refractivity contribution in [2.24, 2.45) is 29.6 Å². The zero-order valence-electron chi connectivity index (χ0n) is 18.0. The van der Waals surface area contributed by atoms with Crippen LogP contribution in [0.3, 0.4) is 0 Å². The molecule has 2 rings (SSSR count). The molecule has 0 aliphatic carbocycles. The molecule has 4 unspecified atom stereocenters. The van der Waals surface area contributed by atoms with Crippen molar-refractivity contribution >= 4 is 0 Å². The van der Waals surface area contributed by atoms with Crippen LogP contribution in [0.2, 0.25) is 0 Å². The second-order valence-corrected chi connectivity index (χ2v) is 8.93.